The lowest BCUT2D eigenvalue weighted by Gasteiger charge is -2.23. The van der Waals surface area contributed by atoms with E-state index in [1.54, 1.807) is 19.1 Å². The van der Waals surface area contributed by atoms with Crippen molar-refractivity contribution in [2.45, 2.75) is 12.5 Å². The molecule has 1 aromatic rings. The number of nitrogens with two attached hydrogens (primary N) is 1. The van der Waals surface area contributed by atoms with Crippen molar-refractivity contribution in [2.24, 2.45) is 5.73 Å². The van der Waals surface area contributed by atoms with Crippen LogP contribution in [0.2, 0.25) is 0 Å². The predicted molar refractivity (Wildman–Crippen MR) is 53.3 cm³/mol. The van der Waals surface area contributed by atoms with Gasteiger partial charge < -0.3 is 20.7 Å². The van der Waals surface area contributed by atoms with Gasteiger partial charge in [0.15, 0.2) is 0 Å². The minimum Gasteiger partial charge on any atom is -0.508 e. The highest BCUT2D eigenvalue weighted by Gasteiger charge is 2.23. The van der Waals surface area contributed by atoms with E-state index in [0.29, 0.717) is 11.3 Å². The number of phenolic OH excluding ortho intramolecular Hbond substituents is 1. The van der Waals surface area contributed by atoms with Gasteiger partial charge in [0.25, 0.3) is 0 Å². The lowest BCUT2D eigenvalue weighted by atomic mass is 9.93. The van der Waals surface area contributed by atoms with Crippen molar-refractivity contribution in [3.63, 3.8) is 0 Å². The van der Waals surface area contributed by atoms with E-state index in [2.05, 4.69) is 0 Å². The Hall–Kier alpha value is -1.26. The fraction of sp³-hybridized carbons (Fsp3) is 0.400. The molecule has 0 heterocycles. The van der Waals surface area contributed by atoms with E-state index in [4.69, 9.17) is 15.6 Å². The Labute approximate surface area is 82.9 Å². The third kappa shape index (κ3) is 1.97. The van der Waals surface area contributed by atoms with Crippen LogP contribution in [-0.4, -0.2) is 23.9 Å². The van der Waals surface area contributed by atoms with Gasteiger partial charge >= 0.3 is 0 Å². The van der Waals surface area contributed by atoms with Crippen molar-refractivity contribution in [1.29, 1.82) is 0 Å². The fourth-order valence-corrected chi connectivity index (χ4v) is 1.18. The van der Waals surface area contributed by atoms with Crippen LogP contribution in [0.5, 0.6) is 11.5 Å². The number of methoxy groups -OCH3 is 1. The molecule has 0 aliphatic heterocycles. The molecule has 0 bridgehead atoms. The number of ether oxygens (including phenoxy) is 1. The van der Waals surface area contributed by atoms with E-state index in [1.165, 1.54) is 13.2 Å². The summed E-state index contributed by atoms with van der Waals surface area (Å²) in [5, 5.41) is 18.6. The highest BCUT2D eigenvalue weighted by Crippen LogP contribution is 2.30. The highest BCUT2D eigenvalue weighted by molar-refractivity contribution is 5.43. The van der Waals surface area contributed by atoms with Crippen LogP contribution in [0.25, 0.3) is 0 Å². The zero-order valence-corrected chi connectivity index (χ0v) is 8.32. The number of hydrogen-bond donors (Lipinski definition) is 3. The van der Waals surface area contributed by atoms with Gasteiger partial charge in [0.2, 0.25) is 0 Å². The number of hydrogen-bond acceptors (Lipinski definition) is 4. The van der Waals surface area contributed by atoms with Crippen LogP contribution in [-0.2, 0) is 5.54 Å². The molecule has 14 heavy (non-hydrogen) atoms. The molecular weight excluding hydrogens is 182 g/mol. The molecule has 0 saturated heterocycles. The molecule has 0 unspecified atom stereocenters. The Morgan fingerprint density at radius 3 is 2.64 bits per heavy atom. The van der Waals surface area contributed by atoms with Gasteiger partial charge in [0, 0.05) is 5.56 Å². The molecule has 0 spiro atoms. The quantitative estimate of drug-likeness (QED) is 0.662. The number of benzene rings is 1. The summed E-state index contributed by atoms with van der Waals surface area (Å²) in [6.07, 6.45) is 0. The maximum atomic E-state index is 9.55. The first-order valence-electron chi connectivity index (χ1n) is 4.28. The monoisotopic (exact) mass is 197 g/mol. The van der Waals surface area contributed by atoms with E-state index in [0.717, 1.165) is 0 Å². The molecule has 78 valence electrons. The fourth-order valence-electron chi connectivity index (χ4n) is 1.18. The first kappa shape index (κ1) is 10.8. The Morgan fingerprint density at radius 1 is 1.50 bits per heavy atom. The molecular formula is C10H15NO3. The van der Waals surface area contributed by atoms with Crippen molar-refractivity contribution in [1.82, 2.24) is 0 Å². The van der Waals surface area contributed by atoms with Crippen LogP contribution in [0.1, 0.15) is 12.5 Å². The zero-order valence-electron chi connectivity index (χ0n) is 8.32. The summed E-state index contributed by atoms with van der Waals surface area (Å²) in [5.41, 5.74) is 5.31. The van der Waals surface area contributed by atoms with Crippen LogP contribution in [0.3, 0.4) is 0 Å². The van der Waals surface area contributed by atoms with Crippen molar-refractivity contribution in [2.75, 3.05) is 13.7 Å². The van der Waals surface area contributed by atoms with Gasteiger partial charge in [-0.05, 0) is 25.1 Å². The number of aliphatic hydroxyl groups excluding tert-OH is 1. The molecule has 1 aromatic carbocycles. The van der Waals surface area contributed by atoms with Crippen LogP contribution < -0.4 is 10.5 Å². The molecule has 0 aliphatic rings. The average molecular weight is 197 g/mol. The SMILES string of the molecule is COc1ccc(O)c([C@@](C)(N)CO)c1. The van der Waals surface area contributed by atoms with Crippen molar-refractivity contribution in [3.05, 3.63) is 23.8 Å². The maximum Gasteiger partial charge on any atom is 0.120 e. The largest absolute Gasteiger partial charge is 0.508 e. The van der Waals surface area contributed by atoms with E-state index >= 15 is 0 Å². The Morgan fingerprint density at radius 2 is 2.14 bits per heavy atom. The minimum absolute atomic E-state index is 0.0600. The second kappa shape index (κ2) is 3.86. The van der Waals surface area contributed by atoms with Gasteiger partial charge in [-0.3, -0.25) is 0 Å². The minimum atomic E-state index is -0.960. The molecule has 0 fully saturated rings. The Kier molecular flexibility index (Phi) is 2.98. The molecule has 4 N–H and O–H groups in total. The summed E-state index contributed by atoms with van der Waals surface area (Å²) in [6, 6.07) is 4.74. The molecule has 4 heteroatoms. The Balaban J connectivity index is 3.18. The van der Waals surface area contributed by atoms with Crippen LogP contribution in [0, 0.1) is 0 Å². The summed E-state index contributed by atoms with van der Waals surface area (Å²) in [4.78, 5) is 0. The molecule has 0 saturated carbocycles. The van der Waals surface area contributed by atoms with Crippen molar-refractivity contribution < 1.29 is 14.9 Å². The first-order valence-corrected chi connectivity index (χ1v) is 4.28. The molecule has 4 nitrogen and oxygen atoms in total. The molecule has 1 atom stereocenters. The smallest absolute Gasteiger partial charge is 0.120 e. The summed E-state index contributed by atoms with van der Waals surface area (Å²) in [6.45, 7) is 1.40. The second-order valence-corrected chi connectivity index (χ2v) is 3.46. The maximum absolute atomic E-state index is 9.55. The van der Waals surface area contributed by atoms with Gasteiger partial charge in [-0.25, -0.2) is 0 Å². The first-order chi connectivity index (χ1) is 6.51. The highest BCUT2D eigenvalue weighted by atomic mass is 16.5. The number of phenols is 1. The summed E-state index contributed by atoms with van der Waals surface area (Å²) in [5.74, 6) is 0.660. The number of rotatable bonds is 3. The van der Waals surface area contributed by atoms with Gasteiger partial charge in [-0.15, -0.1) is 0 Å². The van der Waals surface area contributed by atoms with Crippen LogP contribution in [0.15, 0.2) is 18.2 Å². The predicted octanol–water partition coefficient (Wildman–Crippen LogP) is 0.567. The molecule has 0 aliphatic carbocycles. The molecule has 0 amide bonds. The van der Waals surface area contributed by atoms with E-state index in [9.17, 15) is 5.11 Å². The van der Waals surface area contributed by atoms with Crippen molar-refractivity contribution in [3.8, 4) is 11.5 Å². The lowest BCUT2D eigenvalue weighted by Crippen LogP contribution is -2.36. The second-order valence-electron chi connectivity index (χ2n) is 3.46. The molecule has 1 rings (SSSR count). The van der Waals surface area contributed by atoms with Crippen molar-refractivity contribution >= 4 is 0 Å². The zero-order chi connectivity index (χ0) is 10.8. The van der Waals surface area contributed by atoms with Gasteiger partial charge in [0.05, 0.1) is 19.3 Å². The number of aliphatic hydroxyl groups is 1. The Bertz CT molecular complexity index is 323. The summed E-state index contributed by atoms with van der Waals surface area (Å²) < 4.78 is 5.00. The number of aromatic hydroxyl groups is 1. The van der Waals surface area contributed by atoms with Gasteiger partial charge in [0.1, 0.15) is 11.5 Å². The van der Waals surface area contributed by atoms with Gasteiger partial charge in [-0.1, -0.05) is 0 Å². The third-order valence-corrected chi connectivity index (χ3v) is 2.15. The summed E-state index contributed by atoms with van der Waals surface area (Å²) in [7, 11) is 1.53. The van der Waals surface area contributed by atoms with E-state index < -0.39 is 5.54 Å². The van der Waals surface area contributed by atoms with E-state index in [1.807, 2.05) is 0 Å². The molecule has 0 radical (unpaired) electrons. The standard InChI is InChI=1S/C10H15NO3/c1-10(11,6-12)8-5-7(14-2)3-4-9(8)13/h3-5,12-13H,6,11H2,1-2H3/t10-/m0/s1. The average Bonchev–Trinajstić information content (AvgIpc) is 2.18. The molecule has 0 aromatic heterocycles. The van der Waals surface area contributed by atoms with Crippen LogP contribution in [0.4, 0.5) is 0 Å². The van der Waals surface area contributed by atoms with Gasteiger partial charge in [-0.2, -0.15) is 0 Å². The van der Waals surface area contributed by atoms with E-state index in [-0.39, 0.29) is 12.4 Å². The lowest BCUT2D eigenvalue weighted by molar-refractivity contribution is 0.206. The topological polar surface area (TPSA) is 75.7 Å². The third-order valence-electron chi connectivity index (χ3n) is 2.15. The summed E-state index contributed by atoms with van der Waals surface area (Å²) >= 11 is 0. The van der Waals surface area contributed by atoms with Crippen LogP contribution >= 0.6 is 0 Å². The normalized spacial score (nSPS) is 14.9.